The van der Waals surface area contributed by atoms with E-state index in [9.17, 15) is 19.2 Å². The van der Waals surface area contributed by atoms with Crippen LogP contribution >= 0.6 is 11.3 Å². The van der Waals surface area contributed by atoms with E-state index >= 15 is 0 Å². The first-order chi connectivity index (χ1) is 14.8. The number of amides is 3. The second-order valence-electron chi connectivity index (χ2n) is 7.50. The smallest absolute Gasteiger partial charge is 0.341 e. The molecular formula is C20H28N4O6S. The number of thiophene rings is 1. The van der Waals surface area contributed by atoms with Crippen LogP contribution in [0, 0.1) is 6.92 Å². The zero-order valence-electron chi connectivity index (χ0n) is 17.8. The molecule has 1 aromatic heterocycles. The Kier molecular flexibility index (Phi) is 7.63. The maximum Gasteiger partial charge on any atom is 0.341 e. The van der Waals surface area contributed by atoms with Gasteiger partial charge in [-0.1, -0.05) is 0 Å². The number of anilines is 1. The highest BCUT2D eigenvalue weighted by molar-refractivity contribution is 7.18. The van der Waals surface area contributed by atoms with Gasteiger partial charge in [0.2, 0.25) is 5.91 Å². The highest BCUT2D eigenvalue weighted by Crippen LogP contribution is 2.33. The van der Waals surface area contributed by atoms with E-state index in [1.807, 2.05) is 4.90 Å². The van der Waals surface area contributed by atoms with Crippen LogP contribution in [0.3, 0.4) is 0 Å². The van der Waals surface area contributed by atoms with E-state index in [2.05, 4.69) is 5.32 Å². The van der Waals surface area contributed by atoms with Gasteiger partial charge in [0.05, 0.1) is 23.6 Å². The highest BCUT2D eigenvalue weighted by atomic mass is 32.1. The number of hydrogen-bond donors (Lipinski definition) is 2. The van der Waals surface area contributed by atoms with Gasteiger partial charge < -0.3 is 25.4 Å². The SMILES string of the molecule is CCOC(=O)c1c(NC(=O)CN2CCN(C(=O)[C@H]3CCCO3)CC2)sc(C(N)=O)c1C. The van der Waals surface area contributed by atoms with Crippen molar-refractivity contribution < 1.29 is 28.7 Å². The molecule has 0 unspecified atom stereocenters. The molecule has 0 radical (unpaired) electrons. The second-order valence-corrected chi connectivity index (χ2v) is 8.52. The van der Waals surface area contributed by atoms with Crippen LogP contribution in [0.25, 0.3) is 0 Å². The zero-order valence-corrected chi connectivity index (χ0v) is 18.6. The van der Waals surface area contributed by atoms with Gasteiger partial charge in [0.15, 0.2) is 0 Å². The quantitative estimate of drug-likeness (QED) is 0.579. The summed E-state index contributed by atoms with van der Waals surface area (Å²) in [7, 11) is 0. The molecule has 0 bridgehead atoms. The Morgan fingerprint density at radius 1 is 1.23 bits per heavy atom. The molecule has 0 aromatic carbocycles. The van der Waals surface area contributed by atoms with Crippen molar-refractivity contribution in [2.45, 2.75) is 32.8 Å². The number of ether oxygens (including phenoxy) is 2. The van der Waals surface area contributed by atoms with E-state index in [0.717, 1.165) is 24.2 Å². The summed E-state index contributed by atoms with van der Waals surface area (Å²) in [5.74, 6) is -1.57. The molecular weight excluding hydrogens is 424 g/mol. The third kappa shape index (κ3) is 5.41. The Hall–Kier alpha value is -2.50. The largest absolute Gasteiger partial charge is 0.462 e. The molecule has 1 atom stereocenters. The minimum Gasteiger partial charge on any atom is -0.462 e. The first-order valence-electron chi connectivity index (χ1n) is 10.3. The Labute approximate surface area is 184 Å². The second kappa shape index (κ2) is 10.2. The van der Waals surface area contributed by atoms with Gasteiger partial charge >= 0.3 is 5.97 Å². The lowest BCUT2D eigenvalue weighted by atomic mass is 10.1. The molecule has 2 aliphatic rings. The van der Waals surface area contributed by atoms with Crippen molar-refractivity contribution in [1.82, 2.24) is 9.80 Å². The van der Waals surface area contributed by atoms with Gasteiger partial charge in [0.1, 0.15) is 11.1 Å². The molecule has 2 saturated heterocycles. The van der Waals surface area contributed by atoms with Crippen molar-refractivity contribution >= 4 is 40.0 Å². The molecule has 2 aliphatic heterocycles. The molecule has 0 spiro atoms. The van der Waals surface area contributed by atoms with Crippen LogP contribution in [-0.4, -0.2) is 85.5 Å². The van der Waals surface area contributed by atoms with Crippen LogP contribution in [0.4, 0.5) is 5.00 Å². The molecule has 3 N–H and O–H groups in total. The van der Waals surface area contributed by atoms with E-state index < -0.39 is 11.9 Å². The molecule has 10 nitrogen and oxygen atoms in total. The van der Waals surface area contributed by atoms with E-state index in [0.29, 0.717) is 38.3 Å². The van der Waals surface area contributed by atoms with Crippen molar-refractivity contribution in [3.8, 4) is 0 Å². The molecule has 3 amide bonds. The number of piperazine rings is 1. The van der Waals surface area contributed by atoms with E-state index in [1.165, 1.54) is 0 Å². The molecule has 1 aromatic rings. The van der Waals surface area contributed by atoms with Crippen LogP contribution in [0.5, 0.6) is 0 Å². The fourth-order valence-electron chi connectivity index (χ4n) is 3.76. The molecule has 11 heteroatoms. The lowest BCUT2D eigenvalue weighted by Gasteiger charge is -2.35. The first kappa shape index (κ1) is 23.2. The number of carbonyl (C=O) groups excluding carboxylic acids is 4. The average Bonchev–Trinajstić information content (AvgIpc) is 3.36. The molecule has 170 valence electrons. The lowest BCUT2D eigenvalue weighted by Crippen LogP contribution is -2.52. The molecule has 3 rings (SSSR count). The summed E-state index contributed by atoms with van der Waals surface area (Å²) in [5, 5.41) is 2.97. The topological polar surface area (TPSA) is 131 Å². The minimum atomic E-state index is -0.666. The molecule has 0 aliphatic carbocycles. The normalized spacial score (nSPS) is 19.3. The molecule has 2 fully saturated rings. The predicted molar refractivity (Wildman–Crippen MR) is 114 cm³/mol. The summed E-state index contributed by atoms with van der Waals surface area (Å²) in [4.78, 5) is 53.0. The van der Waals surface area contributed by atoms with Crippen LogP contribution in [0.1, 0.15) is 45.4 Å². The predicted octanol–water partition coefficient (Wildman–Crippen LogP) is 0.594. The van der Waals surface area contributed by atoms with Gasteiger partial charge in [0.25, 0.3) is 11.8 Å². The Balaban J connectivity index is 1.58. The number of esters is 1. The minimum absolute atomic E-state index is 0.0220. The standard InChI is InChI=1S/C20H28N4O6S/c1-3-29-20(28)15-12(2)16(17(21)26)31-18(15)22-14(25)11-23-6-8-24(9-7-23)19(27)13-5-4-10-30-13/h13H,3-11H2,1-2H3,(H2,21,26)(H,22,25)/t13-/m1/s1. The molecule has 31 heavy (non-hydrogen) atoms. The van der Waals surface area contributed by atoms with Gasteiger partial charge in [0, 0.05) is 32.8 Å². The van der Waals surface area contributed by atoms with Crippen molar-refractivity contribution in [2.24, 2.45) is 5.73 Å². The Bertz CT molecular complexity index is 856. The van der Waals surface area contributed by atoms with E-state index in [1.54, 1.807) is 18.7 Å². The maximum atomic E-state index is 12.6. The Morgan fingerprint density at radius 2 is 1.94 bits per heavy atom. The number of nitrogens with two attached hydrogens (primary N) is 1. The van der Waals surface area contributed by atoms with Crippen molar-refractivity contribution in [2.75, 3.05) is 51.3 Å². The number of primary amides is 1. The monoisotopic (exact) mass is 452 g/mol. The lowest BCUT2D eigenvalue weighted by molar-refractivity contribution is -0.142. The van der Waals surface area contributed by atoms with E-state index in [4.69, 9.17) is 15.2 Å². The van der Waals surface area contributed by atoms with Crippen molar-refractivity contribution in [3.05, 3.63) is 16.0 Å². The zero-order chi connectivity index (χ0) is 22.5. The summed E-state index contributed by atoms with van der Waals surface area (Å²) in [5.41, 5.74) is 5.94. The van der Waals surface area contributed by atoms with Crippen LogP contribution in [0.15, 0.2) is 0 Å². The van der Waals surface area contributed by atoms with Crippen LogP contribution < -0.4 is 11.1 Å². The highest BCUT2D eigenvalue weighted by Gasteiger charge is 2.31. The van der Waals surface area contributed by atoms with Crippen LogP contribution in [0.2, 0.25) is 0 Å². The van der Waals surface area contributed by atoms with Crippen molar-refractivity contribution in [1.29, 1.82) is 0 Å². The summed E-state index contributed by atoms with van der Waals surface area (Å²) >= 11 is 0.965. The third-order valence-corrected chi connectivity index (χ3v) is 6.58. The first-order valence-corrected chi connectivity index (χ1v) is 11.2. The van der Waals surface area contributed by atoms with Crippen LogP contribution in [-0.2, 0) is 19.1 Å². The van der Waals surface area contributed by atoms with Gasteiger partial charge in [-0.05, 0) is 32.3 Å². The van der Waals surface area contributed by atoms with Crippen molar-refractivity contribution in [3.63, 3.8) is 0 Å². The average molecular weight is 453 g/mol. The van der Waals surface area contributed by atoms with Gasteiger partial charge in [-0.3, -0.25) is 19.3 Å². The Morgan fingerprint density at radius 3 is 2.52 bits per heavy atom. The maximum absolute atomic E-state index is 12.6. The van der Waals surface area contributed by atoms with E-state index in [-0.39, 0.29) is 46.5 Å². The number of nitrogens with zero attached hydrogens (tertiary/aromatic N) is 2. The van der Waals surface area contributed by atoms with Gasteiger partial charge in [-0.15, -0.1) is 11.3 Å². The summed E-state index contributed by atoms with van der Waals surface area (Å²) in [6, 6.07) is 0. The summed E-state index contributed by atoms with van der Waals surface area (Å²) < 4.78 is 10.5. The fraction of sp³-hybridized carbons (Fsp3) is 0.600. The number of nitrogens with one attached hydrogen (secondary N) is 1. The summed E-state index contributed by atoms with van der Waals surface area (Å²) in [6.45, 7) is 6.37. The number of rotatable bonds is 7. The molecule has 3 heterocycles. The number of hydrogen-bond acceptors (Lipinski definition) is 8. The van der Waals surface area contributed by atoms with Gasteiger partial charge in [-0.2, -0.15) is 0 Å². The fourth-order valence-corrected chi connectivity index (χ4v) is 4.82. The molecule has 0 saturated carbocycles. The summed E-state index contributed by atoms with van der Waals surface area (Å²) in [6.07, 6.45) is 1.33. The number of carbonyl (C=O) groups is 4. The van der Waals surface area contributed by atoms with Gasteiger partial charge in [-0.25, -0.2) is 4.79 Å². The third-order valence-electron chi connectivity index (χ3n) is 5.36.